The summed E-state index contributed by atoms with van der Waals surface area (Å²) in [7, 11) is 0. The van der Waals surface area contributed by atoms with Crippen molar-refractivity contribution in [1.82, 2.24) is 9.55 Å². The maximum Gasteiger partial charge on any atom is 0.573 e. The van der Waals surface area contributed by atoms with Crippen LogP contribution in [0.2, 0.25) is 0 Å². The number of aromatic nitrogens is 2. The molecule has 14 heteroatoms. The third-order valence-electron chi connectivity index (χ3n) is 5.48. The number of hydrogen-bond donors (Lipinski definition) is 2. The molecule has 2 heterocycles. The molecule has 0 amide bonds. The molecular formula is C25H16F6N2O5S. The van der Waals surface area contributed by atoms with Gasteiger partial charge in [-0.2, -0.15) is 13.2 Å². The summed E-state index contributed by atoms with van der Waals surface area (Å²) in [6.07, 6.45) is -7.77. The van der Waals surface area contributed by atoms with Gasteiger partial charge >= 0.3 is 18.2 Å². The van der Waals surface area contributed by atoms with Gasteiger partial charge in [0, 0.05) is 10.4 Å². The average molecular weight is 570 g/mol. The van der Waals surface area contributed by atoms with Crippen LogP contribution < -0.4 is 20.7 Å². The van der Waals surface area contributed by atoms with E-state index in [0.29, 0.717) is 21.5 Å². The molecule has 39 heavy (non-hydrogen) atoms. The van der Waals surface area contributed by atoms with Crippen LogP contribution in [0.5, 0.6) is 17.2 Å². The Morgan fingerprint density at radius 1 is 1.08 bits per heavy atom. The summed E-state index contributed by atoms with van der Waals surface area (Å²) in [6, 6.07) is 9.43. The quantitative estimate of drug-likeness (QED) is 0.242. The summed E-state index contributed by atoms with van der Waals surface area (Å²) in [6.45, 7) is 0.211. The van der Waals surface area contributed by atoms with Crippen LogP contribution in [0, 0.1) is 19.3 Å². The van der Waals surface area contributed by atoms with Gasteiger partial charge in [-0.15, -0.1) is 30.9 Å². The predicted molar refractivity (Wildman–Crippen MR) is 130 cm³/mol. The number of alkyl halides is 6. The van der Waals surface area contributed by atoms with Crippen molar-refractivity contribution in [3.63, 3.8) is 0 Å². The Morgan fingerprint density at radius 2 is 1.74 bits per heavy atom. The molecular weight excluding hydrogens is 554 g/mol. The van der Waals surface area contributed by atoms with Crippen LogP contribution in [0.1, 0.15) is 11.1 Å². The van der Waals surface area contributed by atoms with E-state index in [1.54, 1.807) is 0 Å². The molecule has 1 atom stereocenters. The van der Waals surface area contributed by atoms with E-state index < -0.39 is 42.2 Å². The Morgan fingerprint density at radius 3 is 2.33 bits per heavy atom. The van der Waals surface area contributed by atoms with Crippen molar-refractivity contribution in [3.8, 4) is 40.0 Å². The van der Waals surface area contributed by atoms with Gasteiger partial charge in [-0.05, 0) is 60.5 Å². The SMILES string of the molecule is C#Cc1ccc(Oc2ccc(-c3sc4c(c3C)c(=O)[nH]c(=O)n4C[C@@H](O)C(F)(F)F)cc2OC(F)(F)F)cc1. The summed E-state index contributed by atoms with van der Waals surface area (Å²) in [4.78, 5) is 26.7. The Kier molecular flexibility index (Phi) is 7.24. The molecule has 0 radical (unpaired) electrons. The van der Waals surface area contributed by atoms with Crippen LogP contribution in [0.25, 0.3) is 20.7 Å². The molecule has 0 aliphatic carbocycles. The number of aliphatic hydroxyl groups is 1. The van der Waals surface area contributed by atoms with E-state index in [1.165, 1.54) is 43.3 Å². The largest absolute Gasteiger partial charge is 0.573 e. The van der Waals surface area contributed by atoms with Gasteiger partial charge in [0.15, 0.2) is 17.6 Å². The van der Waals surface area contributed by atoms with Crippen LogP contribution >= 0.6 is 11.3 Å². The zero-order valence-corrected chi connectivity index (χ0v) is 20.4. The maximum absolute atomic E-state index is 13.2. The lowest BCUT2D eigenvalue weighted by molar-refractivity contribution is -0.275. The number of terminal acetylenes is 1. The van der Waals surface area contributed by atoms with Crippen molar-refractivity contribution in [2.24, 2.45) is 0 Å². The Balaban J connectivity index is 1.83. The fourth-order valence-corrected chi connectivity index (χ4v) is 4.99. The lowest BCUT2D eigenvalue weighted by Crippen LogP contribution is -2.38. The molecule has 4 aromatic rings. The topological polar surface area (TPSA) is 93.6 Å². The number of aliphatic hydroxyl groups excluding tert-OH is 1. The van der Waals surface area contributed by atoms with Gasteiger partial charge in [-0.1, -0.05) is 5.92 Å². The second-order valence-corrected chi connectivity index (χ2v) is 9.14. The zero-order valence-electron chi connectivity index (χ0n) is 19.6. The van der Waals surface area contributed by atoms with Crippen molar-refractivity contribution in [2.75, 3.05) is 0 Å². The minimum Gasteiger partial charge on any atom is -0.453 e. The van der Waals surface area contributed by atoms with E-state index in [0.717, 1.165) is 6.07 Å². The first kappa shape index (κ1) is 27.8. The lowest BCUT2D eigenvalue weighted by Gasteiger charge is -2.16. The number of aryl methyl sites for hydroxylation is 1. The fourth-order valence-electron chi connectivity index (χ4n) is 3.68. The van der Waals surface area contributed by atoms with Crippen molar-refractivity contribution < 1.29 is 40.9 Å². The average Bonchev–Trinajstić information content (AvgIpc) is 3.19. The minimum absolute atomic E-state index is 0.0951. The lowest BCUT2D eigenvalue weighted by atomic mass is 10.1. The number of nitrogens with one attached hydrogen (secondary N) is 1. The molecule has 0 bridgehead atoms. The van der Waals surface area contributed by atoms with Gasteiger partial charge < -0.3 is 14.6 Å². The van der Waals surface area contributed by atoms with Gasteiger partial charge in [0.2, 0.25) is 0 Å². The highest BCUT2D eigenvalue weighted by Gasteiger charge is 2.39. The molecule has 2 aromatic heterocycles. The summed E-state index contributed by atoms with van der Waals surface area (Å²) in [5.74, 6) is 1.49. The highest BCUT2D eigenvalue weighted by molar-refractivity contribution is 7.22. The second-order valence-electron chi connectivity index (χ2n) is 8.14. The standard InChI is InChI=1S/C25H16F6N2O5S/c1-3-13-4-7-15(8-5-13)37-16-9-6-14(10-17(16)38-25(29,30)31)20-12(2)19-21(35)32-23(36)33(22(19)39-20)11-18(34)24(26,27)28/h1,4-10,18,34H,11H2,2H3,(H,32,35,36)/t18-/m1/s1. The first-order chi connectivity index (χ1) is 18.2. The van der Waals surface area contributed by atoms with Gasteiger partial charge in [0.1, 0.15) is 10.6 Å². The first-order valence-corrected chi connectivity index (χ1v) is 11.7. The Bertz CT molecular complexity index is 1690. The number of thiophene rings is 1. The molecule has 2 aromatic carbocycles. The Labute approximate surface area is 218 Å². The molecule has 0 spiro atoms. The number of hydrogen-bond acceptors (Lipinski definition) is 6. The summed E-state index contributed by atoms with van der Waals surface area (Å²) in [5.41, 5.74) is -1.30. The third-order valence-corrected chi connectivity index (χ3v) is 6.84. The number of fused-ring (bicyclic) bond motifs is 1. The molecule has 0 saturated heterocycles. The summed E-state index contributed by atoms with van der Waals surface area (Å²) in [5, 5.41) is 9.34. The molecule has 0 aliphatic heterocycles. The van der Waals surface area contributed by atoms with Crippen molar-refractivity contribution in [1.29, 1.82) is 0 Å². The molecule has 0 aliphatic rings. The van der Waals surface area contributed by atoms with Crippen LogP contribution in [-0.2, 0) is 6.54 Å². The van der Waals surface area contributed by atoms with Crippen LogP contribution in [0.15, 0.2) is 52.1 Å². The third kappa shape index (κ3) is 5.94. The molecule has 204 valence electrons. The smallest absolute Gasteiger partial charge is 0.453 e. The number of H-pyrrole nitrogens is 1. The number of nitrogens with zero attached hydrogens (tertiary/aromatic N) is 1. The van der Waals surface area contributed by atoms with Crippen molar-refractivity contribution in [2.45, 2.75) is 32.1 Å². The number of benzene rings is 2. The van der Waals surface area contributed by atoms with Crippen molar-refractivity contribution >= 4 is 21.6 Å². The number of aromatic amines is 1. The van der Waals surface area contributed by atoms with E-state index >= 15 is 0 Å². The van der Waals surface area contributed by atoms with Gasteiger partial charge in [-0.25, -0.2) is 4.79 Å². The normalized spacial score (nSPS) is 12.8. The van der Waals surface area contributed by atoms with Crippen molar-refractivity contribution in [3.05, 3.63) is 74.4 Å². The van der Waals surface area contributed by atoms with Crippen LogP contribution in [0.3, 0.4) is 0 Å². The van der Waals surface area contributed by atoms with E-state index in [4.69, 9.17) is 11.2 Å². The number of halogens is 6. The molecule has 0 saturated carbocycles. The van der Waals surface area contributed by atoms with Gasteiger partial charge in [0.25, 0.3) is 5.56 Å². The van der Waals surface area contributed by atoms with Crippen LogP contribution in [0.4, 0.5) is 26.3 Å². The van der Waals surface area contributed by atoms with E-state index in [-0.39, 0.29) is 37.7 Å². The molecule has 4 rings (SSSR count). The minimum atomic E-state index is -5.11. The predicted octanol–water partition coefficient (Wildman–Crippen LogP) is 5.32. The first-order valence-electron chi connectivity index (χ1n) is 10.8. The highest BCUT2D eigenvalue weighted by Crippen LogP contribution is 2.42. The van der Waals surface area contributed by atoms with Gasteiger partial charge in [0.05, 0.1) is 11.9 Å². The highest BCUT2D eigenvalue weighted by atomic mass is 32.1. The number of rotatable bonds is 6. The van der Waals surface area contributed by atoms with Gasteiger partial charge in [-0.3, -0.25) is 14.3 Å². The fraction of sp³-hybridized carbons (Fsp3) is 0.200. The van der Waals surface area contributed by atoms with E-state index in [1.807, 2.05) is 4.98 Å². The molecule has 0 unspecified atom stereocenters. The van der Waals surface area contributed by atoms with Crippen LogP contribution in [-0.4, -0.2) is 33.3 Å². The van der Waals surface area contributed by atoms with E-state index in [2.05, 4.69) is 10.7 Å². The Hall–Kier alpha value is -4.22. The number of ether oxygens (including phenoxy) is 2. The molecule has 7 nitrogen and oxygen atoms in total. The monoisotopic (exact) mass is 570 g/mol. The van der Waals surface area contributed by atoms with E-state index in [9.17, 15) is 41.0 Å². The second kappa shape index (κ2) is 10.2. The summed E-state index contributed by atoms with van der Waals surface area (Å²) < 4.78 is 88.7. The molecule has 0 fully saturated rings. The maximum atomic E-state index is 13.2. The summed E-state index contributed by atoms with van der Waals surface area (Å²) >= 11 is 0.693. The molecule has 2 N–H and O–H groups in total. The zero-order chi connectivity index (χ0) is 28.7.